The number of carbonyl (C=O) groups is 1. The Morgan fingerprint density at radius 2 is 2.19 bits per heavy atom. The maximum atomic E-state index is 13.6. The summed E-state index contributed by atoms with van der Waals surface area (Å²) in [6.07, 6.45) is 1.87. The second-order valence-electron chi connectivity index (χ2n) is 6.16. The highest BCUT2D eigenvalue weighted by Crippen LogP contribution is 2.23. The molecule has 0 radical (unpaired) electrons. The van der Waals surface area contributed by atoms with Crippen LogP contribution in [0.4, 0.5) is 4.39 Å². The van der Waals surface area contributed by atoms with Gasteiger partial charge in [0.05, 0.1) is 17.4 Å². The Morgan fingerprint density at radius 1 is 1.48 bits per heavy atom. The molecule has 0 saturated carbocycles. The molecule has 1 unspecified atom stereocenters. The van der Waals surface area contributed by atoms with Gasteiger partial charge in [-0.2, -0.15) is 0 Å². The number of hydrogen-bond acceptors (Lipinski definition) is 3. The zero-order valence-electron chi connectivity index (χ0n) is 12.4. The Balaban J connectivity index is 2.31. The van der Waals surface area contributed by atoms with Crippen LogP contribution in [0.1, 0.15) is 37.6 Å². The minimum atomic E-state index is -0.494. The third-order valence-corrected chi connectivity index (χ3v) is 3.50. The van der Waals surface area contributed by atoms with E-state index >= 15 is 0 Å². The van der Waals surface area contributed by atoms with E-state index in [1.165, 1.54) is 18.5 Å². The number of halogens is 1. The first-order chi connectivity index (χ1) is 9.82. The van der Waals surface area contributed by atoms with Crippen LogP contribution in [-0.2, 0) is 0 Å². The van der Waals surface area contributed by atoms with E-state index in [9.17, 15) is 9.18 Å². The van der Waals surface area contributed by atoms with Crippen molar-refractivity contribution >= 4 is 16.9 Å². The highest BCUT2D eigenvalue weighted by molar-refractivity contribution is 6.04. The molecule has 1 aromatic heterocycles. The smallest absolute Gasteiger partial charge is 0.253 e. The molecule has 114 valence electrons. The number of nitrogens with zero attached hydrogens (tertiary/aromatic N) is 1. The number of hydrogen-bond donors (Lipinski definition) is 3. The summed E-state index contributed by atoms with van der Waals surface area (Å²) in [5.41, 5.74) is 0.898. The van der Waals surface area contributed by atoms with Gasteiger partial charge >= 0.3 is 0 Å². The molecular weight excluding hydrogens is 273 g/mol. The van der Waals surface area contributed by atoms with Crippen LogP contribution in [0.2, 0.25) is 0 Å². The lowest BCUT2D eigenvalue weighted by atomic mass is 9.84. The molecule has 1 amide bonds. The van der Waals surface area contributed by atoms with Crippen molar-refractivity contribution in [2.45, 2.75) is 33.2 Å². The highest BCUT2D eigenvalue weighted by atomic mass is 19.1. The maximum Gasteiger partial charge on any atom is 0.253 e. The molecule has 1 aromatic carbocycles. The van der Waals surface area contributed by atoms with E-state index in [4.69, 9.17) is 5.11 Å². The van der Waals surface area contributed by atoms with E-state index < -0.39 is 5.82 Å². The molecule has 5 nitrogen and oxygen atoms in total. The topological polar surface area (TPSA) is 78.0 Å². The van der Waals surface area contributed by atoms with Crippen LogP contribution in [0.5, 0.6) is 0 Å². The average Bonchev–Trinajstić information content (AvgIpc) is 2.83. The van der Waals surface area contributed by atoms with E-state index in [0.29, 0.717) is 17.5 Å². The van der Waals surface area contributed by atoms with Crippen LogP contribution in [0.25, 0.3) is 11.0 Å². The van der Waals surface area contributed by atoms with Gasteiger partial charge in [0.1, 0.15) is 11.3 Å². The summed E-state index contributed by atoms with van der Waals surface area (Å²) < 4.78 is 13.6. The Morgan fingerprint density at radius 3 is 2.81 bits per heavy atom. The normalized spacial score (nSPS) is 13.4. The average molecular weight is 293 g/mol. The minimum absolute atomic E-state index is 0.0246. The van der Waals surface area contributed by atoms with Gasteiger partial charge in [-0.25, -0.2) is 9.37 Å². The number of aliphatic hydroxyl groups excluding tert-OH is 1. The number of H-pyrrole nitrogens is 1. The van der Waals surface area contributed by atoms with Crippen molar-refractivity contribution in [2.75, 3.05) is 6.61 Å². The van der Waals surface area contributed by atoms with E-state index in [-0.39, 0.29) is 29.5 Å². The summed E-state index contributed by atoms with van der Waals surface area (Å²) in [5, 5.41) is 12.0. The highest BCUT2D eigenvalue weighted by Gasteiger charge is 2.27. The molecule has 0 aliphatic heterocycles. The predicted octanol–water partition coefficient (Wildman–Crippen LogP) is 2.23. The molecule has 0 saturated heterocycles. The van der Waals surface area contributed by atoms with Crippen molar-refractivity contribution < 1.29 is 14.3 Å². The zero-order valence-corrected chi connectivity index (χ0v) is 12.4. The molecule has 2 rings (SSSR count). The van der Waals surface area contributed by atoms with E-state index in [1.54, 1.807) is 0 Å². The van der Waals surface area contributed by atoms with Crippen LogP contribution in [0.3, 0.4) is 0 Å². The van der Waals surface area contributed by atoms with Crippen LogP contribution in [-0.4, -0.2) is 33.6 Å². The van der Waals surface area contributed by atoms with Gasteiger partial charge in [-0.3, -0.25) is 4.79 Å². The number of nitrogens with one attached hydrogen (secondary N) is 2. The Bertz CT molecular complexity index is 646. The van der Waals surface area contributed by atoms with Crippen molar-refractivity contribution in [3.63, 3.8) is 0 Å². The maximum absolute atomic E-state index is 13.6. The Hall–Kier alpha value is -1.95. The fourth-order valence-electron chi connectivity index (χ4n) is 2.27. The van der Waals surface area contributed by atoms with Gasteiger partial charge in [0.2, 0.25) is 0 Å². The molecular formula is C15H20FN3O2. The molecule has 0 aliphatic rings. The van der Waals surface area contributed by atoms with E-state index in [0.717, 1.165) is 0 Å². The fraction of sp³-hybridized carbons (Fsp3) is 0.467. The lowest BCUT2D eigenvalue weighted by molar-refractivity contribution is 0.0886. The fourth-order valence-corrected chi connectivity index (χ4v) is 2.27. The first-order valence-electron chi connectivity index (χ1n) is 6.87. The molecule has 21 heavy (non-hydrogen) atoms. The molecule has 0 spiro atoms. The van der Waals surface area contributed by atoms with Gasteiger partial charge in [-0.05, 0) is 24.0 Å². The SMILES string of the molecule is CC(C)(C)C(CCO)NC(=O)c1cc(F)cc2[nH]cnc12. The van der Waals surface area contributed by atoms with Gasteiger partial charge in [0, 0.05) is 12.6 Å². The summed E-state index contributed by atoms with van der Waals surface area (Å²) in [6, 6.07) is 2.26. The molecule has 2 aromatic rings. The number of aromatic amines is 1. The largest absolute Gasteiger partial charge is 0.396 e. The summed E-state index contributed by atoms with van der Waals surface area (Å²) in [7, 11) is 0. The number of benzene rings is 1. The number of imidazole rings is 1. The molecule has 1 heterocycles. The summed E-state index contributed by atoms with van der Waals surface area (Å²) in [6.45, 7) is 5.90. The zero-order chi connectivity index (χ0) is 15.6. The first kappa shape index (κ1) is 15.4. The predicted molar refractivity (Wildman–Crippen MR) is 78.5 cm³/mol. The second kappa shape index (κ2) is 5.81. The lowest BCUT2D eigenvalue weighted by Crippen LogP contribution is -2.44. The van der Waals surface area contributed by atoms with Gasteiger partial charge in [-0.1, -0.05) is 20.8 Å². The second-order valence-corrected chi connectivity index (χ2v) is 6.16. The number of aliphatic hydroxyl groups is 1. The van der Waals surface area contributed by atoms with Crippen molar-refractivity contribution in [3.05, 3.63) is 29.8 Å². The van der Waals surface area contributed by atoms with Gasteiger partial charge < -0.3 is 15.4 Å². The summed E-state index contributed by atoms with van der Waals surface area (Å²) in [5.74, 6) is -0.883. The summed E-state index contributed by atoms with van der Waals surface area (Å²) in [4.78, 5) is 19.3. The standard InChI is InChI=1S/C15H20FN3O2/c1-15(2,3)12(4-5-20)19-14(21)10-6-9(16)7-11-13(10)18-8-17-11/h6-8,12,20H,4-5H2,1-3H3,(H,17,18)(H,19,21). The first-order valence-corrected chi connectivity index (χ1v) is 6.87. The number of aromatic nitrogens is 2. The van der Waals surface area contributed by atoms with Crippen molar-refractivity contribution in [2.24, 2.45) is 5.41 Å². The molecule has 3 N–H and O–H groups in total. The molecule has 0 aliphatic carbocycles. The van der Waals surface area contributed by atoms with E-state index in [1.807, 2.05) is 20.8 Å². The van der Waals surface area contributed by atoms with Crippen molar-refractivity contribution in [1.29, 1.82) is 0 Å². The molecule has 6 heteroatoms. The quantitative estimate of drug-likeness (QED) is 0.809. The minimum Gasteiger partial charge on any atom is -0.396 e. The van der Waals surface area contributed by atoms with Crippen LogP contribution >= 0.6 is 0 Å². The van der Waals surface area contributed by atoms with Gasteiger partial charge in [0.15, 0.2) is 0 Å². The third-order valence-electron chi connectivity index (χ3n) is 3.50. The number of carbonyl (C=O) groups excluding carboxylic acids is 1. The van der Waals surface area contributed by atoms with Crippen molar-refractivity contribution in [1.82, 2.24) is 15.3 Å². The summed E-state index contributed by atoms with van der Waals surface area (Å²) >= 11 is 0. The lowest BCUT2D eigenvalue weighted by Gasteiger charge is -2.31. The van der Waals surface area contributed by atoms with Crippen LogP contribution in [0.15, 0.2) is 18.5 Å². The van der Waals surface area contributed by atoms with Crippen LogP contribution in [0, 0.1) is 11.2 Å². The van der Waals surface area contributed by atoms with Crippen LogP contribution < -0.4 is 5.32 Å². The monoisotopic (exact) mass is 293 g/mol. The Labute approximate surface area is 122 Å². The number of rotatable bonds is 4. The van der Waals surface area contributed by atoms with Gasteiger partial charge in [0.25, 0.3) is 5.91 Å². The number of amides is 1. The number of fused-ring (bicyclic) bond motifs is 1. The molecule has 1 atom stereocenters. The van der Waals surface area contributed by atoms with Crippen molar-refractivity contribution in [3.8, 4) is 0 Å². The third kappa shape index (κ3) is 3.39. The molecule has 0 fully saturated rings. The van der Waals surface area contributed by atoms with Gasteiger partial charge in [-0.15, -0.1) is 0 Å². The Kier molecular flexibility index (Phi) is 4.27. The van der Waals surface area contributed by atoms with E-state index in [2.05, 4.69) is 15.3 Å². The molecule has 0 bridgehead atoms.